The summed E-state index contributed by atoms with van der Waals surface area (Å²) in [5.41, 5.74) is 5.46. The largest absolute Gasteiger partial charge is 0.486 e. The van der Waals surface area contributed by atoms with Gasteiger partial charge in [-0.15, -0.1) is 0 Å². The average molecular weight is 506 g/mol. The zero-order valence-electron chi connectivity index (χ0n) is 18.9. The SMILES string of the molecule is O=C(N/N=C\c1ccc(-c2ccc([N+](=O)[O-])cc2Cl)o1)c1ccc(COc2ccc3c(c2)CCC3)o1. The molecule has 5 rings (SSSR count). The molecule has 182 valence electrons. The Morgan fingerprint density at radius 2 is 1.94 bits per heavy atom. The van der Waals surface area contributed by atoms with Gasteiger partial charge in [-0.05, 0) is 72.9 Å². The van der Waals surface area contributed by atoms with Crippen LogP contribution in [0.25, 0.3) is 11.3 Å². The van der Waals surface area contributed by atoms with E-state index in [1.165, 1.54) is 42.0 Å². The van der Waals surface area contributed by atoms with Crippen LogP contribution >= 0.6 is 11.6 Å². The zero-order valence-corrected chi connectivity index (χ0v) is 19.7. The molecule has 2 heterocycles. The third-order valence-electron chi connectivity index (χ3n) is 5.75. The molecule has 1 N–H and O–H groups in total. The van der Waals surface area contributed by atoms with Gasteiger partial charge in [0, 0.05) is 17.7 Å². The van der Waals surface area contributed by atoms with Crippen molar-refractivity contribution in [1.82, 2.24) is 5.43 Å². The molecule has 0 bridgehead atoms. The summed E-state index contributed by atoms with van der Waals surface area (Å²) in [5, 5.41) is 14.9. The van der Waals surface area contributed by atoms with Crippen LogP contribution in [-0.4, -0.2) is 17.0 Å². The number of non-ortho nitro benzene ring substituents is 1. The van der Waals surface area contributed by atoms with Gasteiger partial charge in [-0.1, -0.05) is 17.7 Å². The van der Waals surface area contributed by atoms with Gasteiger partial charge in [0.1, 0.15) is 29.6 Å². The number of furan rings is 2. The van der Waals surface area contributed by atoms with Crippen molar-refractivity contribution in [3.05, 3.63) is 104 Å². The van der Waals surface area contributed by atoms with E-state index in [4.69, 9.17) is 25.2 Å². The summed E-state index contributed by atoms with van der Waals surface area (Å²) >= 11 is 6.14. The number of nitrogens with one attached hydrogen (secondary N) is 1. The molecule has 36 heavy (non-hydrogen) atoms. The molecule has 9 nitrogen and oxygen atoms in total. The lowest BCUT2D eigenvalue weighted by molar-refractivity contribution is -0.384. The number of amides is 1. The second kappa shape index (κ2) is 10.1. The number of carbonyl (C=O) groups excluding carboxylic acids is 1. The summed E-state index contributed by atoms with van der Waals surface area (Å²) in [4.78, 5) is 22.7. The molecule has 0 fully saturated rings. The first-order valence-corrected chi connectivity index (χ1v) is 11.5. The van der Waals surface area contributed by atoms with E-state index >= 15 is 0 Å². The lowest BCUT2D eigenvalue weighted by Crippen LogP contribution is -2.16. The Hall–Kier alpha value is -4.37. The van der Waals surface area contributed by atoms with Gasteiger partial charge in [-0.2, -0.15) is 5.10 Å². The predicted octanol–water partition coefficient (Wildman–Crippen LogP) is 5.93. The molecule has 0 radical (unpaired) electrons. The van der Waals surface area contributed by atoms with Crippen LogP contribution in [0.15, 0.2) is 74.6 Å². The number of rotatable bonds is 8. The monoisotopic (exact) mass is 505 g/mol. The van der Waals surface area contributed by atoms with E-state index in [1.807, 2.05) is 6.07 Å². The van der Waals surface area contributed by atoms with E-state index in [0.29, 0.717) is 22.8 Å². The van der Waals surface area contributed by atoms with Gasteiger partial charge in [-0.3, -0.25) is 14.9 Å². The van der Waals surface area contributed by atoms with Crippen molar-refractivity contribution in [1.29, 1.82) is 0 Å². The fraction of sp³-hybridized carbons (Fsp3) is 0.154. The summed E-state index contributed by atoms with van der Waals surface area (Å²) in [5.74, 6) is 1.61. The van der Waals surface area contributed by atoms with E-state index in [0.717, 1.165) is 18.6 Å². The molecule has 0 unspecified atom stereocenters. The van der Waals surface area contributed by atoms with Crippen LogP contribution in [-0.2, 0) is 19.4 Å². The number of hydrogen-bond acceptors (Lipinski definition) is 7. The van der Waals surface area contributed by atoms with Crippen molar-refractivity contribution in [2.24, 2.45) is 5.10 Å². The van der Waals surface area contributed by atoms with Crippen molar-refractivity contribution >= 4 is 29.4 Å². The molecule has 0 saturated carbocycles. The summed E-state index contributed by atoms with van der Waals surface area (Å²) in [6, 6.07) is 16.7. The third-order valence-corrected chi connectivity index (χ3v) is 6.06. The van der Waals surface area contributed by atoms with E-state index in [9.17, 15) is 14.9 Å². The highest BCUT2D eigenvalue weighted by Gasteiger charge is 2.15. The molecule has 0 aliphatic heterocycles. The number of aryl methyl sites for hydroxylation is 2. The normalized spacial score (nSPS) is 12.6. The first-order valence-electron chi connectivity index (χ1n) is 11.2. The van der Waals surface area contributed by atoms with Crippen LogP contribution in [0.2, 0.25) is 5.02 Å². The summed E-state index contributed by atoms with van der Waals surface area (Å²) < 4.78 is 17.0. The number of fused-ring (bicyclic) bond motifs is 1. The van der Waals surface area contributed by atoms with Crippen LogP contribution in [0.3, 0.4) is 0 Å². The summed E-state index contributed by atoms with van der Waals surface area (Å²) in [7, 11) is 0. The quantitative estimate of drug-likeness (QED) is 0.180. The highest BCUT2D eigenvalue weighted by molar-refractivity contribution is 6.33. The number of benzene rings is 2. The fourth-order valence-electron chi connectivity index (χ4n) is 3.96. The molecule has 4 aromatic rings. The van der Waals surface area contributed by atoms with E-state index in [-0.39, 0.29) is 23.1 Å². The Kier molecular flexibility index (Phi) is 6.55. The second-order valence-corrected chi connectivity index (χ2v) is 8.57. The minimum Gasteiger partial charge on any atom is -0.486 e. The highest BCUT2D eigenvalue weighted by Crippen LogP contribution is 2.32. The van der Waals surface area contributed by atoms with Crippen molar-refractivity contribution < 1.29 is 23.3 Å². The maximum Gasteiger partial charge on any atom is 0.307 e. The molecule has 2 aromatic carbocycles. The molecule has 2 aromatic heterocycles. The Morgan fingerprint density at radius 3 is 2.78 bits per heavy atom. The van der Waals surface area contributed by atoms with Gasteiger partial charge < -0.3 is 13.6 Å². The van der Waals surface area contributed by atoms with Crippen LogP contribution in [0, 0.1) is 10.1 Å². The van der Waals surface area contributed by atoms with Gasteiger partial charge in [0.15, 0.2) is 5.76 Å². The molecule has 1 amide bonds. The number of nitro benzene ring substituents is 1. The predicted molar refractivity (Wildman–Crippen MR) is 132 cm³/mol. The molecular weight excluding hydrogens is 486 g/mol. The molecule has 1 aliphatic carbocycles. The first kappa shape index (κ1) is 23.4. The van der Waals surface area contributed by atoms with Gasteiger partial charge in [-0.25, -0.2) is 5.43 Å². The molecular formula is C26H20ClN3O6. The third kappa shape index (κ3) is 5.16. The molecule has 0 atom stereocenters. The minimum absolute atomic E-state index is 0.0949. The van der Waals surface area contributed by atoms with Gasteiger partial charge in [0.2, 0.25) is 0 Å². The van der Waals surface area contributed by atoms with E-state index in [2.05, 4.69) is 22.7 Å². The molecule has 0 saturated heterocycles. The van der Waals surface area contributed by atoms with Crippen LogP contribution in [0.5, 0.6) is 5.75 Å². The van der Waals surface area contributed by atoms with Crippen LogP contribution < -0.4 is 10.2 Å². The smallest absolute Gasteiger partial charge is 0.307 e. The highest BCUT2D eigenvalue weighted by atomic mass is 35.5. The fourth-order valence-corrected chi connectivity index (χ4v) is 4.23. The summed E-state index contributed by atoms with van der Waals surface area (Å²) in [6.07, 6.45) is 4.68. The standard InChI is InChI=1S/C26H20ClN3O6/c27-23-13-18(30(32)33)5-9-22(23)24-10-7-20(35-24)14-28-29-26(31)25-11-8-21(36-25)15-34-19-6-4-16-2-1-3-17(16)12-19/h4-14H,1-3,15H2,(H,29,31)/b28-14-. The summed E-state index contributed by atoms with van der Waals surface area (Å²) in [6.45, 7) is 0.204. The number of ether oxygens (including phenoxy) is 1. The Labute approximate surface area is 210 Å². The van der Waals surface area contributed by atoms with Crippen molar-refractivity contribution in [2.45, 2.75) is 25.9 Å². The topological polar surface area (TPSA) is 120 Å². The molecule has 0 spiro atoms. The van der Waals surface area contributed by atoms with Crippen molar-refractivity contribution in [3.63, 3.8) is 0 Å². The van der Waals surface area contributed by atoms with Crippen molar-refractivity contribution in [2.75, 3.05) is 0 Å². The van der Waals surface area contributed by atoms with Crippen LogP contribution in [0.1, 0.15) is 39.6 Å². The minimum atomic E-state index is -0.528. The van der Waals surface area contributed by atoms with E-state index < -0.39 is 10.8 Å². The first-order chi connectivity index (χ1) is 17.5. The molecule has 10 heteroatoms. The Bertz CT molecular complexity index is 1470. The number of carbonyl (C=O) groups is 1. The van der Waals surface area contributed by atoms with E-state index in [1.54, 1.807) is 24.3 Å². The number of halogens is 1. The molecule has 1 aliphatic rings. The lowest BCUT2D eigenvalue weighted by atomic mass is 10.1. The Morgan fingerprint density at radius 1 is 1.08 bits per heavy atom. The van der Waals surface area contributed by atoms with Crippen LogP contribution in [0.4, 0.5) is 5.69 Å². The van der Waals surface area contributed by atoms with Crippen molar-refractivity contribution in [3.8, 4) is 17.1 Å². The maximum atomic E-state index is 12.3. The lowest BCUT2D eigenvalue weighted by Gasteiger charge is -2.06. The number of hydrazone groups is 1. The maximum absolute atomic E-state index is 12.3. The number of nitro groups is 1. The average Bonchev–Trinajstić information content (AvgIpc) is 3.63. The number of nitrogens with zero attached hydrogens (tertiary/aromatic N) is 2. The van der Waals surface area contributed by atoms with Gasteiger partial charge in [0.25, 0.3) is 5.69 Å². The number of hydrogen-bond donors (Lipinski definition) is 1. The Balaban J connectivity index is 1.15. The zero-order chi connectivity index (χ0) is 25.1. The second-order valence-electron chi connectivity index (χ2n) is 8.16. The van der Waals surface area contributed by atoms with Gasteiger partial charge >= 0.3 is 5.91 Å². The van der Waals surface area contributed by atoms with Gasteiger partial charge in [0.05, 0.1) is 16.2 Å².